The van der Waals surface area contributed by atoms with Crippen LogP contribution in [0.3, 0.4) is 0 Å². The fourth-order valence-electron chi connectivity index (χ4n) is 3.12. The van der Waals surface area contributed by atoms with Gasteiger partial charge in [-0.05, 0) is 60.7 Å². The van der Waals surface area contributed by atoms with Gasteiger partial charge in [0, 0.05) is 5.56 Å². The molecule has 1 aliphatic heterocycles. The summed E-state index contributed by atoms with van der Waals surface area (Å²) < 4.78 is 10.6. The number of fused-ring (bicyclic) bond motifs is 1. The van der Waals surface area contributed by atoms with Gasteiger partial charge in [-0.15, -0.1) is 0 Å². The molecule has 0 saturated carbocycles. The summed E-state index contributed by atoms with van der Waals surface area (Å²) in [5.41, 5.74) is 1.75. The van der Waals surface area contributed by atoms with Gasteiger partial charge in [0.2, 0.25) is 0 Å². The highest BCUT2D eigenvalue weighted by Gasteiger charge is 2.36. The average molecular weight is 387 g/mol. The molecule has 0 unspecified atom stereocenters. The number of amides is 2. The number of hydrogen-bond donors (Lipinski definition) is 0. The highest BCUT2D eigenvalue weighted by atomic mass is 16.5. The molecule has 2 amide bonds. The van der Waals surface area contributed by atoms with Gasteiger partial charge in [-0.25, -0.2) is 4.90 Å². The van der Waals surface area contributed by atoms with Crippen LogP contribution in [0.5, 0.6) is 11.5 Å². The lowest BCUT2D eigenvalue weighted by atomic mass is 10.1. The monoisotopic (exact) mass is 387 g/mol. The van der Waals surface area contributed by atoms with Crippen molar-refractivity contribution in [3.8, 4) is 11.5 Å². The number of ether oxygens (including phenoxy) is 2. The third kappa shape index (κ3) is 3.48. The summed E-state index contributed by atoms with van der Waals surface area (Å²) in [6.07, 6.45) is 0. The van der Waals surface area contributed by atoms with Crippen molar-refractivity contribution in [3.63, 3.8) is 0 Å². The number of hydrogen-bond acceptors (Lipinski definition) is 5. The molecule has 0 aromatic heterocycles. The summed E-state index contributed by atoms with van der Waals surface area (Å²) >= 11 is 0. The molecule has 6 nitrogen and oxygen atoms in total. The Bertz CT molecular complexity index is 1050. The molecule has 0 spiro atoms. The maximum Gasteiger partial charge on any atom is 0.266 e. The topological polar surface area (TPSA) is 72.9 Å². The van der Waals surface area contributed by atoms with Crippen molar-refractivity contribution in [2.75, 3.05) is 18.6 Å². The Kier molecular flexibility index (Phi) is 4.83. The summed E-state index contributed by atoms with van der Waals surface area (Å²) in [4.78, 5) is 38.4. The van der Waals surface area contributed by atoms with E-state index in [0.29, 0.717) is 33.9 Å². The largest absolute Gasteiger partial charge is 0.497 e. The van der Waals surface area contributed by atoms with Gasteiger partial charge >= 0.3 is 0 Å². The van der Waals surface area contributed by atoms with E-state index in [-0.39, 0.29) is 24.2 Å². The Morgan fingerprint density at radius 1 is 0.793 bits per heavy atom. The van der Waals surface area contributed by atoms with Crippen molar-refractivity contribution in [1.29, 1.82) is 0 Å². The highest BCUT2D eigenvalue weighted by Crippen LogP contribution is 2.29. The highest BCUT2D eigenvalue weighted by molar-refractivity contribution is 6.34. The number of rotatable bonds is 6. The van der Waals surface area contributed by atoms with Gasteiger partial charge in [0.1, 0.15) is 11.5 Å². The number of carbonyl (C=O) groups is 3. The standard InChI is InChI=1S/C23H17NO5/c1-28-17-10-6-15(7-11-17)21(25)14-29-18-12-8-16(9-13-18)24-22(26)19-4-2-3-5-20(19)23(24)27/h2-13H,14H2,1H3. The first-order chi connectivity index (χ1) is 14.1. The second-order valence-corrected chi connectivity index (χ2v) is 6.43. The summed E-state index contributed by atoms with van der Waals surface area (Å²) in [5, 5.41) is 0. The molecule has 1 heterocycles. The van der Waals surface area contributed by atoms with E-state index in [1.807, 2.05) is 0 Å². The number of anilines is 1. The fourth-order valence-corrected chi connectivity index (χ4v) is 3.12. The van der Waals surface area contributed by atoms with Crippen LogP contribution in [-0.4, -0.2) is 31.3 Å². The summed E-state index contributed by atoms with van der Waals surface area (Å²) in [6, 6.07) is 20.0. The molecule has 6 heteroatoms. The minimum absolute atomic E-state index is 0.126. The zero-order chi connectivity index (χ0) is 20.4. The van der Waals surface area contributed by atoms with Crippen molar-refractivity contribution in [3.05, 3.63) is 89.5 Å². The first kappa shape index (κ1) is 18.4. The third-order valence-electron chi connectivity index (χ3n) is 4.67. The first-order valence-electron chi connectivity index (χ1n) is 8.96. The second kappa shape index (κ2) is 7.59. The van der Waals surface area contributed by atoms with E-state index in [9.17, 15) is 14.4 Å². The van der Waals surface area contributed by atoms with Crippen LogP contribution in [0.15, 0.2) is 72.8 Å². The smallest absolute Gasteiger partial charge is 0.266 e. The van der Waals surface area contributed by atoms with Crippen LogP contribution >= 0.6 is 0 Å². The maximum atomic E-state index is 12.5. The molecular weight excluding hydrogens is 370 g/mol. The zero-order valence-electron chi connectivity index (χ0n) is 15.6. The molecule has 0 atom stereocenters. The molecule has 4 rings (SSSR count). The van der Waals surface area contributed by atoms with Crippen molar-refractivity contribution >= 4 is 23.3 Å². The first-order valence-corrected chi connectivity index (χ1v) is 8.96. The lowest BCUT2D eigenvalue weighted by Gasteiger charge is -2.14. The molecule has 29 heavy (non-hydrogen) atoms. The zero-order valence-corrected chi connectivity index (χ0v) is 15.6. The maximum absolute atomic E-state index is 12.5. The molecule has 0 bridgehead atoms. The number of benzene rings is 3. The van der Waals surface area contributed by atoms with E-state index in [1.165, 1.54) is 0 Å². The summed E-state index contributed by atoms with van der Waals surface area (Å²) in [5.74, 6) is 0.262. The number of methoxy groups -OCH3 is 1. The Hall–Kier alpha value is -3.93. The normalized spacial score (nSPS) is 12.7. The molecule has 0 saturated heterocycles. The van der Waals surface area contributed by atoms with E-state index in [0.717, 1.165) is 4.90 Å². The number of ketones is 1. The van der Waals surface area contributed by atoms with Crippen LogP contribution in [0, 0.1) is 0 Å². The van der Waals surface area contributed by atoms with Gasteiger partial charge in [0.25, 0.3) is 11.8 Å². The van der Waals surface area contributed by atoms with Crippen LogP contribution in [0.2, 0.25) is 0 Å². The quantitative estimate of drug-likeness (QED) is 0.476. The minimum Gasteiger partial charge on any atom is -0.497 e. The predicted molar refractivity (Wildman–Crippen MR) is 107 cm³/mol. The summed E-state index contributed by atoms with van der Waals surface area (Å²) in [6.45, 7) is -0.126. The summed E-state index contributed by atoms with van der Waals surface area (Å²) in [7, 11) is 1.56. The predicted octanol–water partition coefficient (Wildman–Crippen LogP) is 3.76. The van der Waals surface area contributed by atoms with E-state index in [1.54, 1.807) is 79.9 Å². The minimum atomic E-state index is -0.353. The molecule has 3 aromatic rings. The molecule has 3 aromatic carbocycles. The molecular formula is C23H17NO5. The third-order valence-corrected chi connectivity index (χ3v) is 4.67. The van der Waals surface area contributed by atoms with Gasteiger partial charge in [0.15, 0.2) is 12.4 Å². The van der Waals surface area contributed by atoms with Gasteiger partial charge in [-0.3, -0.25) is 14.4 Å². The Morgan fingerprint density at radius 3 is 1.90 bits per heavy atom. The molecule has 1 aliphatic rings. The number of Topliss-reactive ketones (excluding diaryl/α,β-unsaturated/α-hetero) is 1. The van der Waals surface area contributed by atoms with Crippen LogP contribution in [0.4, 0.5) is 5.69 Å². The number of carbonyl (C=O) groups excluding carboxylic acids is 3. The van der Waals surface area contributed by atoms with Crippen molar-refractivity contribution in [2.45, 2.75) is 0 Å². The second-order valence-electron chi connectivity index (χ2n) is 6.43. The molecule has 0 N–H and O–H groups in total. The van der Waals surface area contributed by atoms with E-state index in [2.05, 4.69) is 0 Å². The Labute approximate surface area is 167 Å². The van der Waals surface area contributed by atoms with Crippen molar-refractivity contribution in [1.82, 2.24) is 0 Å². The molecule has 0 radical (unpaired) electrons. The van der Waals surface area contributed by atoms with Crippen LogP contribution in [-0.2, 0) is 0 Å². The SMILES string of the molecule is COc1ccc(C(=O)COc2ccc(N3C(=O)c4ccccc4C3=O)cc2)cc1. The molecule has 0 fully saturated rings. The van der Waals surface area contributed by atoms with Gasteiger partial charge in [-0.2, -0.15) is 0 Å². The number of imide groups is 1. The number of nitrogens with zero attached hydrogens (tertiary/aromatic N) is 1. The Morgan fingerprint density at radius 2 is 1.34 bits per heavy atom. The van der Waals surface area contributed by atoms with Crippen LogP contribution in [0.1, 0.15) is 31.1 Å². The lowest BCUT2D eigenvalue weighted by Crippen LogP contribution is -2.29. The van der Waals surface area contributed by atoms with E-state index in [4.69, 9.17) is 9.47 Å². The fraction of sp³-hybridized carbons (Fsp3) is 0.0870. The van der Waals surface area contributed by atoms with E-state index >= 15 is 0 Å². The molecule has 144 valence electrons. The molecule has 0 aliphatic carbocycles. The van der Waals surface area contributed by atoms with E-state index < -0.39 is 0 Å². The van der Waals surface area contributed by atoms with Gasteiger partial charge in [0.05, 0.1) is 23.9 Å². The van der Waals surface area contributed by atoms with Crippen molar-refractivity contribution < 1.29 is 23.9 Å². The van der Waals surface area contributed by atoms with Crippen LogP contribution < -0.4 is 14.4 Å². The van der Waals surface area contributed by atoms with Gasteiger partial charge in [-0.1, -0.05) is 12.1 Å². The van der Waals surface area contributed by atoms with Crippen LogP contribution in [0.25, 0.3) is 0 Å². The van der Waals surface area contributed by atoms with Gasteiger partial charge < -0.3 is 9.47 Å². The van der Waals surface area contributed by atoms with Crippen molar-refractivity contribution in [2.24, 2.45) is 0 Å². The lowest BCUT2D eigenvalue weighted by molar-refractivity contribution is 0.0915. The average Bonchev–Trinajstić information content (AvgIpc) is 3.03. The Balaban J connectivity index is 1.43.